The fraction of sp³-hybridized carbons (Fsp3) is 0.400. The highest BCUT2D eigenvalue weighted by atomic mass is 35.5. The topological polar surface area (TPSA) is 49.9 Å². The summed E-state index contributed by atoms with van der Waals surface area (Å²) in [5.74, 6) is 0.688. The van der Waals surface area contributed by atoms with Gasteiger partial charge in [0.05, 0.1) is 5.75 Å². The van der Waals surface area contributed by atoms with Crippen LogP contribution in [-0.2, 0) is 16.4 Å². The molecule has 0 unspecified atom stereocenters. The Morgan fingerprint density at radius 1 is 1.04 bits per heavy atom. The van der Waals surface area contributed by atoms with Crippen molar-refractivity contribution < 1.29 is 13.2 Å². The van der Waals surface area contributed by atoms with E-state index in [1.165, 1.54) is 5.56 Å². The van der Waals surface area contributed by atoms with Gasteiger partial charge in [0.2, 0.25) is 10.0 Å². The predicted octanol–water partition coefficient (Wildman–Crippen LogP) is 3.43. The Hall–Kier alpha value is -1.76. The quantitative estimate of drug-likeness (QED) is 0.704. The summed E-state index contributed by atoms with van der Waals surface area (Å²) in [4.78, 5) is 2.16. The first kappa shape index (κ1) is 20.0. The molecule has 0 aromatic heterocycles. The molecule has 27 heavy (non-hydrogen) atoms. The molecule has 0 spiro atoms. The van der Waals surface area contributed by atoms with E-state index in [2.05, 4.69) is 11.8 Å². The first-order valence-corrected chi connectivity index (χ1v) is 11.2. The highest BCUT2D eigenvalue weighted by molar-refractivity contribution is 7.89. The molecule has 3 rings (SSSR count). The molecule has 0 atom stereocenters. The summed E-state index contributed by atoms with van der Waals surface area (Å²) in [6.07, 6.45) is 0.968. The van der Waals surface area contributed by atoms with E-state index in [-0.39, 0.29) is 12.4 Å². The van der Waals surface area contributed by atoms with Gasteiger partial charge in [0.25, 0.3) is 0 Å². The third kappa shape index (κ3) is 5.37. The fourth-order valence-corrected chi connectivity index (χ4v) is 4.57. The Bertz CT molecular complexity index is 848. The summed E-state index contributed by atoms with van der Waals surface area (Å²) in [7, 11) is -3.32. The number of sulfonamides is 1. The Balaban J connectivity index is 1.49. The molecule has 146 valence electrons. The lowest BCUT2D eigenvalue weighted by Crippen LogP contribution is -2.49. The molecular weight excluding hydrogens is 384 g/mol. The van der Waals surface area contributed by atoms with Gasteiger partial charge in [-0.05, 0) is 42.3 Å². The number of nitrogens with zero attached hydrogens (tertiary/aromatic N) is 2. The Labute approximate surface area is 166 Å². The Kier molecular flexibility index (Phi) is 6.63. The van der Waals surface area contributed by atoms with E-state index in [4.69, 9.17) is 16.3 Å². The normalized spacial score (nSPS) is 15.7. The molecule has 0 saturated carbocycles. The van der Waals surface area contributed by atoms with E-state index in [1.54, 1.807) is 4.31 Å². The van der Waals surface area contributed by atoms with Crippen LogP contribution in [0.25, 0.3) is 0 Å². The zero-order chi connectivity index (χ0) is 19.3. The smallest absolute Gasteiger partial charge is 0.217 e. The van der Waals surface area contributed by atoms with E-state index < -0.39 is 10.0 Å². The van der Waals surface area contributed by atoms with Gasteiger partial charge in [0.1, 0.15) is 12.4 Å². The lowest BCUT2D eigenvalue weighted by atomic mass is 10.2. The molecule has 7 heteroatoms. The van der Waals surface area contributed by atoms with Crippen LogP contribution in [0.5, 0.6) is 5.75 Å². The molecule has 5 nitrogen and oxygen atoms in total. The Morgan fingerprint density at radius 3 is 2.37 bits per heavy atom. The van der Waals surface area contributed by atoms with Crippen molar-refractivity contribution in [3.63, 3.8) is 0 Å². The summed E-state index contributed by atoms with van der Waals surface area (Å²) < 4.78 is 32.3. The van der Waals surface area contributed by atoms with Crippen molar-refractivity contribution in [3.8, 4) is 5.75 Å². The lowest BCUT2D eigenvalue weighted by Gasteiger charge is -2.35. The zero-order valence-corrected chi connectivity index (χ0v) is 17.0. The lowest BCUT2D eigenvalue weighted by molar-refractivity contribution is 0.331. The van der Waals surface area contributed by atoms with E-state index in [0.717, 1.165) is 12.1 Å². The van der Waals surface area contributed by atoms with Crippen LogP contribution >= 0.6 is 11.6 Å². The van der Waals surface area contributed by atoms with Crippen molar-refractivity contribution in [2.75, 3.05) is 43.4 Å². The summed E-state index contributed by atoms with van der Waals surface area (Å²) in [5, 5.41) is 0.687. The number of benzene rings is 2. The van der Waals surface area contributed by atoms with Gasteiger partial charge in [0, 0.05) is 36.9 Å². The van der Waals surface area contributed by atoms with Crippen LogP contribution in [0.15, 0.2) is 48.5 Å². The van der Waals surface area contributed by atoms with Crippen molar-refractivity contribution in [1.82, 2.24) is 4.31 Å². The van der Waals surface area contributed by atoms with Crippen LogP contribution in [0.3, 0.4) is 0 Å². The second kappa shape index (κ2) is 8.95. The third-order valence-corrected chi connectivity index (χ3v) is 6.82. The van der Waals surface area contributed by atoms with Crippen molar-refractivity contribution >= 4 is 27.3 Å². The zero-order valence-electron chi connectivity index (χ0n) is 15.5. The molecule has 0 amide bonds. The summed E-state index contributed by atoms with van der Waals surface area (Å²) >= 11 is 6.04. The van der Waals surface area contributed by atoms with Crippen molar-refractivity contribution in [2.24, 2.45) is 0 Å². The van der Waals surface area contributed by atoms with Gasteiger partial charge in [0.15, 0.2) is 0 Å². The van der Waals surface area contributed by atoms with Gasteiger partial charge < -0.3 is 9.64 Å². The minimum absolute atomic E-state index is 0.0142. The number of rotatable bonds is 7. The Morgan fingerprint density at radius 2 is 1.74 bits per heavy atom. The number of aryl methyl sites for hydroxylation is 1. The largest absolute Gasteiger partial charge is 0.492 e. The molecule has 0 bridgehead atoms. The first-order chi connectivity index (χ1) is 13.0. The standard InChI is InChI=1S/C20H25ClN2O3S/c1-2-17-6-8-20(9-7-17)26-14-15-27(24,25)23-12-10-22(11-13-23)19-5-3-4-18(21)16-19/h3-9,16H,2,10-15H2,1H3. The second-order valence-corrected chi connectivity index (χ2v) is 9.05. The maximum absolute atomic E-state index is 12.6. The summed E-state index contributed by atoms with van der Waals surface area (Å²) in [5.41, 5.74) is 2.26. The summed E-state index contributed by atoms with van der Waals surface area (Å²) in [6, 6.07) is 15.4. The molecule has 0 aliphatic carbocycles. The molecule has 1 heterocycles. The molecule has 1 saturated heterocycles. The molecule has 2 aromatic rings. The first-order valence-electron chi connectivity index (χ1n) is 9.18. The second-order valence-electron chi connectivity index (χ2n) is 6.53. The van der Waals surface area contributed by atoms with Crippen molar-refractivity contribution in [2.45, 2.75) is 13.3 Å². The third-order valence-electron chi connectivity index (χ3n) is 4.75. The molecule has 0 N–H and O–H groups in total. The van der Waals surface area contributed by atoms with Crippen LogP contribution in [0.1, 0.15) is 12.5 Å². The van der Waals surface area contributed by atoms with Gasteiger partial charge >= 0.3 is 0 Å². The number of halogens is 1. The number of piperazine rings is 1. The number of hydrogen-bond donors (Lipinski definition) is 0. The molecule has 0 radical (unpaired) electrons. The van der Waals surface area contributed by atoms with Gasteiger partial charge in [-0.2, -0.15) is 4.31 Å². The van der Waals surface area contributed by atoms with Gasteiger partial charge in [-0.25, -0.2) is 8.42 Å². The van der Waals surface area contributed by atoms with Gasteiger partial charge in [-0.15, -0.1) is 0 Å². The van der Waals surface area contributed by atoms with Crippen molar-refractivity contribution in [1.29, 1.82) is 0 Å². The monoisotopic (exact) mass is 408 g/mol. The van der Waals surface area contributed by atoms with Crippen LogP contribution in [0, 0.1) is 0 Å². The maximum Gasteiger partial charge on any atom is 0.217 e. The van der Waals surface area contributed by atoms with E-state index in [1.807, 2.05) is 48.5 Å². The average molecular weight is 409 g/mol. The maximum atomic E-state index is 12.6. The average Bonchev–Trinajstić information content (AvgIpc) is 2.68. The SMILES string of the molecule is CCc1ccc(OCCS(=O)(=O)N2CCN(c3cccc(Cl)c3)CC2)cc1. The fourth-order valence-electron chi connectivity index (χ4n) is 3.11. The highest BCUT2D eigenvalue weighted by Crippen LogP contribution is 2.21. The molecule has 2 aromatic carbocycles. The molecule has 1 aliphatic heterocycles. The number of hydrogen-bond acceptors (Lipinski definition) is 4. The highest BCUT2D eigenvalue weighted by Gasteiger charge is 2.27. The van der Waals surface area contributed by atoms with Gasteiger partial charge in [-0.1, -0.05) is 36.7 Å². The van der Waals surface area contributed by atoms with E-state index in [9.17, 15) is 8.42 Å². The minimum atomic E-state index is -3.32. The number of anilines is 1. The molecular formula is C20H25ClN2O3S. The minimum Gasteiger partial charge on any atom is -0.492 e. The van der Waals surface area contributed by atoms with E-state index >= 15 is 0 Å². The van der Waals surface area contributed by atoms with Gasteiger partial charge in [-0.3, -0.25) is 0 Å². The van der Waals surface area contributed by atoms with Crippen LogP contribution in [0.2, 0.25) is 5.02 Å². The number of ether oxygens (including phenoxy) is 1. The van der Waals surface area contributed by atoms with Crippen LogP contribution < -0.4 is 9.64 Å². The van der Waals surface area contributed by atoms with E-state index in [0.29, 0.717) is 37.0 Å². The van der Waals surface area contributed by atoms with Crippen LogP contribution in [-0.4, -0.2) is 51.3 Å². The van der Waals surface area contributed by atoms with Crippen molar-refractivity contribution in [3.05, 3.63) is 59.1 Å². The summed E-state index contributed by atoms with van der Waals surface area (Å²) in [6.45, 7) is 4.49. The van der Waals surface area contributed by atoms with Crippen LogP contribution in [0.4, 0.5) is 5.69 Å². The molecule has 1 fully saturated rings. The predicted molar refractivity (Wildman–Crippen MR) is 110 cm³/mol. The molecule has 1 aliphatic rings.